The molecule has 5 rings (SSSR count). The molecule has 0 bridgehead atoms. The average Bonchev–Trinajstić information content (AvgIpc) is 3.26. The van der Waals surface area contributed by atoms with E-state index in [4.69, 9.17) is 4.74 Å². The Morgan fingerprint density at radius 3 is 2.32 bits per heavy atom. The molecule has 0 spiro atoms. The predicted molar refractivity (Wildman–Crippen MR) is 126 cm³/mol. The summed E-state index contributed by atoms with van der Waals surface area (Å²) in [6.45, 7) is 2.20. The third-order valence-corrected chi connectivity index (χ3v) is 7.88. The molecule has 0 aliphatic heterocycles. The van der Waals surface area contributed by atoms with Gasteiger partial charge in [0.1, 0.15) is 6.61 Å². The molecule has 3 aliphatic rings. The lowest BCUT2D eigenvalue weighted by Crippen LogP contribution is -2.40. The number of ether oxygens (including phenoxy) is 1. The molecule has 0 saturated heterocycles. The minimum Gasteiger partial charge on any atom is -0.481 e. The quantitative estimate of drug-likeness (QED) is 0.552. The molecule has 3 aliphatic carbocycles. The number of hydrogen-bond acceptors (Lipinski definition) is 4. The van der Waals surface area contributed by atoms with Crippen LogP contribution >= 0.6 is 0 Å². The summed E-state index contributed by atoms with van der Waals surface area (Å²) in [6.07, 6.45) is 2.12. The zero-order chi connectivity index (χ0) is 23.9. The smallest absolute Gasteiger partial charge is 0.407 e. The Labute approximate surface area is 198 Å². The number of amides is 2. The summed E-state index contributed by atoms with van der Waals surface area (Å²) in [5.74, 6) is -1.32. The lowest BCUT2D eigenvalue weighted by Gasteiger charge is -2.20. The third kappa shape index (κ3) is 3.93. The Kier molecular flexibility index (Phi) is 5.80. The van der Waals surface area contributed by atoms with Crippen molar-refractivity contribution in [3.05, 3.63) is 59.7 Å². The van der Waals surface area contributed by atoms with Gasteiger partial charge < -0.3 is 20.5 Å². The molecule has 2 aromatic carbocycles. The highest BCUT2D eigenvalue weighted by Gasteiger charge is 2.65. The van der Waals surface area contributed by atoms with Gasteiger partial charge in [0.25, 0.3) is 0 Å². The number of nitrogens with one attached hydrogen (secondary N) is 2. The van der Waals surface area contributed by atoms with Gasteiger partial charge in [0.15, 0.2) is 0 Å². The average molecular weight is 463 g/mol. The first-order valence-corrected chi connectivity index (χ1v) is 12.1. The van der Waals surface area contributed by atoms with Crippen LogP contribution < -0.4 is 10.6 Å². The molecule has 2 aromatic rings. The second kappa shape index (κ2) is 8.78. The Hall–Kier alpha value is -3.35. The van der Waals surface area contributed by atoms with Gasteiger partial charge in [0, 0.05) is 18.5 Å². The maximum atomic E-state index is 12.8. The molecule has 0 heterocycles. The molecule has 2 saturated carbocycles. The summed E-state index contributed by atoms with van der Waals surface area (Å²) in [5, 5.41) is 15.0. The van der Waals surface area contributed by atoms with E-state index >= 15 is 0 Å². The Morgan fingerprint density at radius 2 is 1.71 bits per heavy atom. The van der Waals surface area contributed by atoms with E-state index in [1.54, 1.807) is 6.92 Å². The molecule has 1 unspecified atom stereocenters. The van der Waals surface area contributed by atoms with Crippen molar-refractivity contribution in [2.75, 3.05) is 13.2 Å². The van der Waals surface area contributed by atoms with Gasteiger partial charge >= 0.3 is 12.1 Å². The largest absolute Gasteiger partial charge is 0.481 e. The van der Waals surface area contributed by atoms with E-state index in [0.29, 0.717) is 12.8 Å². The molecule has 7 heteroatoms. The van der Waals surface area contributed by atoms with Crippen molar-refractivity contribution in [2.45, 2.75) is 44.6 Å². The summed E-state index contributed by atoms with van der Waals surface area (Å²) >= 11 is 0. The van der Waals surface area contributed by atoms with Crippen molar-refractivity contribution < 1.29 is 24.2 Å². The van der Waals surface area contributed by atoms with Gasteiger partial charge in [0.2, 0.25) is 5.91 Å². The highest BCUT2D eigenvalue weighted by Crippen LogP contribution is 2.63. The van der Waals surface area contributed by atoms with E-state index in [-0.39, 0.29) is 36.9 Å². The first kappa shape index (κ1) is 22.4. The molecule has 3 N–H and O–H groups in total. The number of carboxylic acid groups (broad SMARTS) is 1. The summed E-state index contributed by atoms with van der Waals surface area (Å²) in [4.78, 5) is 36.6. The number of carbonyl (C=O) groups is 3. The van der Waals surface area contributed by atoms with Crippen LogP contribution in [-0.4, -0.2) is 42.3 Å². The van der Waals surface area contributed by atoms with Gasteiger partial charge in [-0.25, -0.2) is 4.79 Å². The number of hydrogen-bond donors (Lipinski definition) is 3. The Bertz CT molecular complexity index is 1090. The molecule has 2 amide bonds. The van der Waals surface area contributed by atoms with Gasteiger partial charge in [-0.15, -0.1) is 0 Å². The highest BCUT2D eigenvalue weighted by molar-refractivity contribution is 5.87. The van der Waals surface area contributed by atoms with Gasteiger partial charge in [0.05, 0.1) is 11.3 Å². The SMILES string of the molecule is CCC(CNC(=O)[C@]12C[C@H](NC(=O)OCC3c4ccccc4-c4ccccc43)C[C@H]1C2)C(=O)O. The van der Waals surface area contributed by atoms with E-state index < -0.39 is 23.4 Å². The molecule has 0 aromatic heterocycles. The van der Waals surface area contributed by atoms with Gasteiger partial charge in [-0.2, -0.15) is 0 Å². The zero-order valence-electron chi connectivity index (χ0n) is 19.3. The summed E-state index contributed by atoms with van der Waals surface area (Å²) in [7, 11) is 0. The fourth-order valence-corrected chi connectivity index (χ4v) is 5.89. The maximum absolute atomic E-state index is 12.8. The standard InChI is InChI=1S/C27H30N2O5/c1-2-16(24(30)31)14-28-25(32)27-12-17(27)11-18(13-27)29-26(33)34-15-23-21-9-5-3-7-19(21)20-8-4-6-10-22(20)23/h3-10,16-18,23H,2,11-15H2,1H3,(H,28,32)(H,29,33)(H,30,31)/t16?,17-,18+,27+/m0/s1. The fourth-order valence-electron chi connectivity index (χ4n) is 5.89. The second-order valence-corrected chi connectivity index (χ2v) is 9.82. The van der Waals surface area contributed by atoms with Crippen LogP contribution in [0.4, 0.5) is 4.79 Å². The second-order valence-electron chi connectivity index (χ2n) is 9.82. The summed E-state index contributed by atoms with van der Waals surface area (Å²) < 4.78 is 5.65. The number of carboxylic acids is 1. The Morgan fingerprint density at radius 1 is 1.06 bits per heavy atom. The number of rotatable bonds is 8. The number of carbonyl (C=O) groups excluding carboxylic acids is 2. The lowest BCUT2D eigenvalue weighted by atomic mass is 9.98. The van der Waals surface area contributed by atoms with Crippen molar-refractivity contribution in [3.8, 4) is 11.1 Å². The van der Waals surface area contributed by atoms with Gasteiger partial charge in [-0.05, 0) is 53.9 Å². The molecule has 7 nitrogen and oxygen atoms in total. The molecular weight excluding hydrogens is 432 g/mol. The van der Waals surface area contributed by atoms with Crippen LogP contribution in [0.5, 0.6) is 0 Å². The number of aliphatic carboxylic acids is 1. The van der Waals surface area contributed by atoms with Crippen molar-refractivity contribution in [1.82, 2.24) is 10.6 Å². The third-order valence-electron chi connectivity index (χ3n) is 7.88. The van der Waals surface area contributed by atoms with E-state index in [1.807, 2.05) is 24.3 Å². The van der Waals surface area contributed by atoms with E-state index in [1.165, 1.54) is 22.3 Å². The van der Waals surface area contributed by atoms with Crippen LogP contribution in [0.2, 0.25) is 0 Å². The number of benzene rings is 2. The van der Waals surface area contributed by atoms with Crippen molar-refractivity contribution in [1.29, 1.82) is 0 Å². The van der Waals surface area contributed by atoms with E-state index in [9.17, 15) is 19.5 Å². The van der Waals surface area contributed by atoms with Crippen molar-refractivity contribution in [2.24, 2.45) is 17.3 Å². The Balaban J connectivity index is 1.14. The normalized spacial score (nSPS) is 25.0. The fraction of sp³-hybridized carbons (Fsp3) is 0.444. The van der Waals surface area contributed by atoms with Crippen LogP contribution in [-0.2, 0) is 14.3 Å². The van der Waals surface area contributed by atoms with Crippen LogP contribution in [0.3, 0.4) is 0 Å². The zero-order valence-corrected chi connectivity index (χ0v) is 19.3. The summed E-state index contributed by atoms with van der Waals surface area (Å²) in [5.41, 5.74) is 4.23. The minimum atomic E-state index is -0.895. The van der Waals surface area contributed by atoms with E-state index in [2.05, 4.69) is 34.9 Å². The van der Waals surface area contributed by atoms with Crippen LogP contribution in [0.15, 0.2) is 48.5 Å². The minimum absolute atomic E-state index is 0.00741. The predicted octanol–water partition coefficient (Wildman–Crippen LogP) is 3.92. The first-order valence-electron chi connectivity index (χ1n) is 12.1. The van der Waals surface area contributed by atoms with Crippen LogP contribution in [0.1, 0.15) is 49.7 Å². The van der Waals surface area contributed by atoms with E-state index in [0.717, 1.165) is 12.8 Å². The number of fused-ring (bicyclic) bond motifs is 4. The monoisotopic (exact) mass is 462 g/mol. The molecule has 4 atom stereocenters. The molecule has 178 valence electrons. The first-order chi connectivity index (χ1) is 16.4. The van der Waals surface area contributed by atoms with Gasteiger partial charge in [-0.1, -0.05) is 55.5 Å². The topological polar surface area (TPSA) is 105 Å². The lowest BCUT2D eigenvalue weighted by molar-refractivity contribution is -0.141. The van der Waals surface area contributed by atoms with Crippen molar-refractivity contribution in [3.63, 3.8) is 0 Å². The molecule has 2 fully saturated rings. The molecular formula is C27H30N2O5. The van der Waals surface area contributed by atoms with Crippen LogP contribution in [0, 0.1) is 17.3 Å². The molecule has 34 heavy (non-hydrogen) atoms. The highest BCUT2D eigenvalue weighted by atomic mass is 16.5. The number of alkyl carbamates (subject to hydrolysis) is 1. The van der Waals surface area contributed by atoms with Crippen LogP contribution in [0.25, 0.3) is 11.1 Å². The van der Waals surface area contributed by atoms with Gasteiger partial charge in [-0.3, -0.25) is 9.59 Å². The maximum Gasteiger partial charge on any atom is 0.407 e. The van der Waals surface area contributed by atoms with Crippen molar-refractivity contribution >= 4 is 18.0 Å². The molecule has 0 radical (unpaired) electrons. The summed E-state index contributed by atoms with van der Waals surface area (Å²) in [6, 6.07) is 16.3.